The standard InChI is InChI=1S/C18H30N4O10/c1-7(2)4-9(19)15(28)20-10(5-12(24)25)16(29)21-11(6-13(26)27)17(30)22-14(8(3)23)18(31)32/h7-11,14,23H,4-6,19H2,1-3H3,(H,20,28)(H,21,29)(H,22,30)(H,24,25)(H,26,27)(H,31,32). The van der Waals surface area contributed by atoms with Gasteiger partial charge in [0.2, 0.25) is 17.7 Å². The van der Waals surface area contributed by atoms with E-state index in [1.165, 1.54) is 0 Å². The van der Waals surface area contributed by atoms with E-state index in [1.54, 1.807) is 13.8 Å². The van der Waals surface area contributed by atoms with Crippen LogP contribution < -0.4 is 21.7 Å². The fraction of sp³-hybridized carbons (Fsp3) is 0.667. The molecule has 0 fully saturated rings. The first-order chi connectivity index (χ1) is 14.6. The largest absolute Gasteiger partial charge is 0.481 e. The smallest absolute Gasteiger partial charge is 0.328 e. The van der Waals surface area contributed by atoms with Crippen molar-refractivity contribution in [3.63, 3.8) is 0 Å². The summed E-state index contributed by atoms with van der Waals surface area (Å²) in [6.07, 6.45) is -3.17. The van der Waals surface area contributed by atoms with E-state index in [9.17, 15) is 33.9 Å². The van der Waals surface area contributed by atoms with Crippen LogP contribution in [0.4, 0.5) is 0 Å². The topological polar surface area (TPSA) is 245 Å². The Kier molecular flexibility index (Phi) is 11.9. The number of hydrogen-bond donors (Lipinski definition) is 8. The molecule has 0 heterocycles. The molecule has 0 aromatic heterocycles. The van der Waals surface area contributed by atoms with E-state index < -0.39 is 78.7 Å². The summed E-state index contributed by atoms with van der Waals surface area (Å²) in [6.45, 7) is 4.66. The van der Waals surface area contributed by atoms with Crippen LogP contribution in [0.1, 0.15) is 40.0 Å². The highest BCUT2D eigenvalue weighted by atomic mass is 16.4. The molecule has 0 aliphatic rings. The number of carbonyl (C=O) groups is 6. The molecule has 14 nitrogen and oxygen atoms in total. The lowest BCUT2D eigenvalue weighted by Crippen LogP contribution is -2.59. The lowest BCUT2D eigenvalue weighted by molar-refractivity contribution is -0.146. The average molecular weight is 462 g/mol. The minimum absolute atomic E-state index is 0.0299. The van der Waals surface area contributed by atoms with E-state index in [1.807, 2.05) is 10.6 Å². The predicted molar refractivity (Wildman–Crippen MR) is 107 cm³/mol. The van der Waals surface area contributed by atoms with E-state index in [2.05, 4.69) is 5.32 Å². The van der Waals surface area contributed by atoms with Crippen LogP contribution in [0.25, 0.3) is 0 Å². The van der Waals surface area contributed by atoms with E-state index in [0.29, 0.717) is 0 Å². The van der Waals surface area contributed by atoms with Crippen LogP contribution in [-0.2, 0) is 28.8 Å². The molecule has 3 amide bonds. The highest BCUT2D eigenvalue weighted by Gasteiger charge is 2.33. The Morgan fingerprint density at radius 3 is 1.50 bits per heavy atom. The highest BCUT2D eigenvalue weighted by Crippen LogP contribution is 2.05. The molecule has 9 N–H and O–H groups in total. The first kappa shape index (κ1) is 28.7. The van der Waals surface area contributed by atoms with Gasteiger partial charge in [0.15, 0.2) is 6.04 Å². The van der Waals surface area contributed by atoms with Gasteiger partial charge in [-0.1, -0.05) is 13.8 Å². The molecule has 5 unspecified atom stereocenters. The molecule has 0 aliphatic carbocycles. The first-order valence-corrected chi connectivity index (χ1v) is 9.66. The molecule has 0 spiro atoms. The van der Waals surface area contributed by atoms with Crippen molar-refractivity contribution in [2.24, 2.45) is 11.7 Å². The normalized spacial score (nSPS) is 15.6. The number of aliphatic hydroxyl groups is 1. The van der Waals surface area contributed by atoms with Gasteiger partial charge in [-0.05, 0) is 19.3 Å². The van der Waals surface area contributed by atoms with Crippen LogP contribution in [0.15, 0.2) is 0 Å². The fourth-order valence-corrected chi connectivity index (χ4v) is 2.58. The van der Waals surface area contributed by atoms with E-state index in [-0.39, 0.29) is 12.3 Å². The lowest BCUT2D eigenvalue weighted by Gasteiger charge is -2.24. The number of carbonyl (C=O) groups excluding carboxylic acids is 3. The summed E-state index contributed by atoms with van der Waals surface area (Å²) in [4.78, 5) is 70.4. The fourth-order valence-electron chi connectivity index (χ4n) is 2.58. The van der Waals surface area contributed by atoms with Crippen molar-refractivity contribution in [3.8, 4) is 0 Å². The second-order valence-corrected chi connectivity index (χ2v) is 7.62. The SMILES string of the molecule is CC(C)CC(N)C(=O)NC(CC(=O)O)C(=O)NC(CC(=O)O)C(=O)NC(C(=O)O)C(C)O. The predicted octanol–water partition coefficient (Wildman–Crippen LogP) is -2.77. The number of nitrogens with two attached hydrogens (primary N) is 1. The van der Waals surface area contributed by atoms with Crippen LogP contribution in [-0.4, -0.2) is 86.3 Å². The summed E-state index contributed by atoms with van der Waals surface area (Å²) in [5.41, 5.74) is 5.71. The van der Waals surface area contributed by atoms with Crippen molar-refractivity contribution in [2.75, 3.05) is 0 Å². The summed E-state index contributed by atoms with van der Waals surface area (Å²) < 4.78 is 0. The molecule has 0 bridgehead atoms. The van der Waals surface area contributed by atoms with Gasteiger partial charge in [-0.3, -0.25) is 24.0 Å². The van der Waals surface area contributed by atoms with Crippen molar-refractivity contribution in [1.82, 2.24) is 16.0 Å². The highest BCUT2D eigenvalue weighted by molar-refractivity contribution is 5.96. The Hall–Kier alpha value is -3.26. The van der Waals surface area contributed by atoms with E-state index in [4.69, 9.17) is 21.1 Å². The number of carboxylic acid groups (broad SMARTS) is 3. The Morgan fingerprint density at radius 2 is 1.16 bits per heavy atom. The summed E-state index contributed by atoms with van der Waals surface area (Å²) >= 11 is 0. The summed E-state index contributed by atoms with van der Waals surface area (Å²) in [7, 11) is 0. The van der Waals surface area contributed by atoms with Crippen molar-refractivity contribution < 1.29 is 49.2 Å². The third-order valence-corrected chi connectivity index (χ3v) is 4.13. The van der Waals surface area contributed by atoms with E-state index in [0.717, 1.165) is 6.92 Å². The monoisotopic (exact) mass is 462 g/mol. The van der Waals surface area contributed by atoms with Crippen molar-refractivity contribution in [3.05, 3.63) is 0 Å². The molecule has 0 saturated heterocycles. The van der Waals surface area contributed by atoms with Crippen LogP contribution in [0.3, 0.4) is 0 Å². The van der Waals surface area contributed by atoms with Crippen molar-refractivity contribution >= 4 is 35.6 Å². The molecule has 32 heavy (non-hydrogen) atoms. The zero-order chi connectivity index (χ0) is 25.2. The molecule has 0 aliphatic heterocycles. The Labute approximate surface area is 183 Å². The molecule has 5 atom stereocenters. The van der Waals surface area contributed by atoms with Gasteiger partial charge in [0.1, 0.15) is 12.1 Å². The number of nitrogens with one attached hydrogen (secondary N) is 3. The number of carboxylic acids is 3. The zero-order valence-corrected chi connectivity index (χ0v) is 17.9. The van der Waals surface area contributed by atoms with Crippen LogP contribution in [0.2, 0.25) is 0 Å². The minimum atomic E-state index is -1.82. The van der Waals surface area contributed by atoms with Crippen LogP contribution in [0.5, 0.6) is 0 Å². The Morgan fingerprint density at radius 1 is 0.750 bits per heavy atom. The maximum absolute atomic E-state index is 12.5. The molecule has 0 aromatic carbocycles. The molecule has 0 radical (unpaired) electrons. The van der Waals surface area contributed by atoms with Gasteiger partial charge in [0.25, 0.3) is 0 Å². The number of amides is 3. The maximum atomic E-state index is 12.5. The second kappa shape index (κ2) is 13.2. The number of aliphatic hydroxyl groups excluding tert-OH is 1. The minimum Gasteiger partial charge on any atom is -0.481 e. The van der Waals surface area contributed by atoms with Gasteiger partial charge in [0.05, 0.1) is 25.0 Å². The molecular formula is C18H30N4O10. The molecule has 0 saturated carbocycles. The quantitative estimate of drug-likeness (QED) is 0.131. The Balaban J connectivity index is 5.54. The van der Waals surface area contributed by atoms with Gasteiger partial charge in [0, 0.05) is 0 Å². The van der Waals surface area contributed by atoms with Crippen molar-refractivity contribution in [2.45, 2.75) is 70.3 Å². The maximum Gasteiger partial charge on any atom is 0.328 e. The lowest BCUT2D eigenvalue weighted by atomic mass is 10.0. The van der Waals surface area contributed by atoms with Gasteiger partial charge in [-0.2, -0.15) is 0 Å². The van der Waals surface area contributed by atoms with Crippen LogP contribution in [0, 0.1) is 5.92 Å². The van der Waals surface area contributed by atoms with Gasteiger partial charge in [-0.15, -0.1) is 0 Å². The third kappa shape index (κ3) is 10.7. The van der Waals surface area contributed by atoms with Gasteiger partial charge >= 0.3 is 17.9 Å². The van der Waals surface area contributed by atoms with Gasteiger partial charge < -0.3 is 42.1 Å². The average Bonchev–Trinajstić information content (AvgIpc) is 2.62. The van der Waals surface area contributed by atoms with Gasteiger partial charge in [-0.25, -0.2) is 4.79 Å². The third-order valence-electron chi connectivity index (χ3n) is 4.13. The molecular weight excluding hydrogens is 432 g/mol. The summed E-state index contributed by atoms with van der Waals surface area (Å²) in [5.74, 6) is -7.84. The Bertz CT molecular complexity index is 725. The summed E-state index contributed by atoms with van der Waals surface area (Å²) in [5, 5.41) is 42.6. The van der Waals surface area contributed by atoms with E-state index >= 15 is 0 Å². The number of rotatable bonds is 14. The summed E-state index contributed by atoms with van der Waals surface area (Å²) in [6, 6.07) is -6.34. The molecule has 182 valence electrons. The second-order valence-electron chi connectivity index (χ2n) is 7.62. The van der Waals surface area contributed by atoms with Crippen LogP contribution >= 0.6 is 0 Å². The molecule has 0 rings (SSSR count). The number of hydrogen-bond acceptors (Lipinski definition) is 8. The first-order valence-electron chi connectivity index (χ1n) is 9.66. The molecule has 14 heteroatoms. The van der Waals surface area contributed by atoms with Crippen molar-refractivity contribution in [1.29, 1.82) is 0 Å². The molecule has 0 aromatic rings. The zero-order valence-electron chi connectivity index (χ0n) is 17.9. The number of aliphatic carboxylic acids is 3.